The number of nitrogens with zero attached hydrogens (tertiary/aromatic N) is 3. The van der Waals surface area contributed by atoms with E-state index >= 15 is 0 Å². The van der Waals surface area contributed by atoms with Gasteiger partial charge in [-0.2, -0.15) is 0 Å². The second-order valence-electron chi connectivity index (χ2n) is 9.07. The van der Waals surface area contributed by atoms with E-state index in [4.69, 9.17) is 0 Å². The first-order chi connectivity index (χ1) is 16.1. The highest BCUT2D eigenvalue weighted by molar-refractivity contribution is 7.92. The van der Waals surface area contributed by atoms with Gasteiger partial charge in [0.05, 0.1) is 15.5 Å². The zero-order valence-corrected chi connectivity index (χ0v) is 21.2. The van der Waals surface area contributed by atoms with Crippen molar-refractivity contribution < 1.29 is 21.6 Å². The van der Waals surface area contributed by atoms with Crippen molar-refractivity contribution in [2.24, 2.45) is 0 Å². The molecule has 0 aliphatic carbocycles. The van der Waals surface area contributed by atoms with Crippen LogP contribution in [0.25, 0.3) is 0 Å². The van der Waals surface area contributed by atoms with Crippen LogP contribution in [-0.2, 0) is 19.9 Å². The Bertz CT molecular complexity index is 1240. The number of amides is 1. The number of hydrogen-bond acceptors (Lipinski definition) is 6. The van der Waals surface area contributed by atoms with Crippen molar-refractivity contribution in [3.8, 4) is 0 Å². The van der Waals surface area contributed by atoms with Crippen molar-refractivity contribution >= 4 is 31.5 Å². The molecule has 2 heterocycles. The Morgan fingerprint density at radius 2 is 1.47 bits per heavy atom. The van der Waals surface area contributed by atoms with Gasteiger partial charge >= 0.3 is 0 Å². The highest BCUT2D eigenvalue weighted by Crippen LogP contribution is 2.26. The van der Waals surface area contributed by atoms with Gasteiger partial charge in [0.2, 0.25) is 0 Å². The standard InChI is InChI=1S/C24H31N3O5S2/c1-25(34(31,32)23-13-11-22(12-14-23)33(2,29)30)20-9-7-19(8-10-20)24(28)27-17-5-6-21(27)18-26-15-3-4-16-26/h7-14,21H,3-6,15-18H2,1-2H3/t21-/m0/s1. The highest BCUT2D eigenvalue weighted by Gasteiger charge is 2.31. The van der Waals surface area contributed by atoms with Gasteiger partial charge in [-0.1, -0.05) is 0 Å². The van der Waals surface area contributed by atoms with Gasteiger partial charge in [-0.25, -0.2) is 16.8 Å². The molecule has 0 radical (unpaired) electrons. The van der Waals surface area contributed by atoms with Gasteiger partial charge in [0.25, 0.3) is 15.9 Å². The fraction of sp³-hybridized carbons (Fsp3) is 0.458. The van der Waals surface area contributed by atoms with Crippen molar-refractivity contribution in [1.29, 1.82) is 0 Å². The number of hydrogen-bond donors (Lipinski definition) is 0. The maximum atomic E-state index is 13.2. The van der Waals surface area contributed by atoms with Crippen molar-refractivity contribution in [2.45, 2.75) is 41.5 Å². The van der Waals surface area contributed by atoms with Crippen LogP contribution in [0.5, 0.6) is 0 Å². The van der Waals surface area contributed by atoms with Crippen LogP contribution in [0.1, 0.15) is 36.0 Å². The molecule has 184 valence electrons. The quantitative estimate of drug-likeness (QED) is 0.574. The molecule has 2 fully saturated rings. The summed E-state index contributed by atoms with van der Waals surface area (Å²) in [5.41, 5.74) is 0.958. The van der Waals surface area contributed by atoms with E-state index in [0.717, 1.165) is 49.6 Å². The molecule has 8 nitrogen and oxygen atoms in total. The van der Waals surface area contributed by atoms with Gasteiger partial charge in [0.15, 0.2) is 9.84 Å². The lowest BCUT2D eigenvalue weighted by atomic mass is 10.1. The van der Waals surface area contributed by atoms with E-state index < -0.39 is 19.9 Å². The van der Waals surface area contributed by atoms with Crippen LogP contribution in [0.15, 0.2) is 58.3 Å². The van der Waals surface area contributed by atoms with Crippen molar-refractivity contribution in [3.05, 3.63) is 54.1 Å². The highest BCUT2D eigenvalue weighted by atomic mass is 32.2. The van der Waals surface area contributed by atoms with Crippen LogP contribution < -0.4 is 4.31 Å². The molecule has 1 amide bonds. The number of rotatable bonds is 7. The summed E-state index contributed by atoms with van der Waals surface area (Å²) >= 11 is 0. The largest absolute Gasteiger partial charge is 0.334 e. The molecular weight excluding hydrogens is 474 g/mol. The molecule has 2 aromatic carbocycles. The average Bonchev–Trinajstić information content (AvgIpc) is 3.50. The first kappa shape index (κ1) is 24.7. The van der Waals surface area contributed by atoms with Crippen molar-refractivity contribution in [2.75, 3.05) is 43.8 Å². The maximum absolute atomic E-state index is 13.2. The minimum Gasteiger partial charge on any atom is -0.334 e. The number of sulfonamides is 1. The summed E-state index contributed by atoms with van der Waals surface area (Å²) in [6.07, 6.45) is 5.53. The number of carbonyl (C=O) groups excluding carboxylic acids is 1. The van der Waals surface area contributed by atoms with E-state index in [1.807, 2.05) is 4.90 Å². The Hall–Kier alpha value is -2.43. The summed E-state index contributed by atoms with van der Waals surface area (Å²) in [6, 6.07) is 12.0. The van der Waals surface area contributed by atoms with E-state index in [1.54, 1.807) is 24.3 Å². The molecule has 0 aromatic heterocycles. The number of benzene rings is 2. The Labute approximate surface area is 202 Å². The molecule has 1 atom stereocenters. The average molecular weight is 506 g/mol. The third-order valence-electron chi connectivity index (χ3n) is 6.69. The lowest BCUT2D eigenvalue weighted by molar-refractivity contribution is 0.0709. The Balaban J connectivity index is 1.47. The predicted molar refractivity (Wildman–Crippen MR) is 131 cm³/mol. The predicted octanol–water partition coefficient (Wildman–Crippen LogP) is 2.62. The monoisotopic (exact) mass is 505 g/mol. The summed E-state index contributed by atoms with van der Waals surface area (Å²) in [4.78, 5) is 17.6. The SMILES string of the molecule is CN(c1ccc(C(=O)N2CCC[C@H]2CN2CCCC2)cc1)S(=O)(=O)c1ccc(S(C)(=O)=O)cc1. The summed E-state index contributed by atoms with van der Waals surface area (Å²) in [5.74, 6) is -0.0184. The van der Waals surface area contributed by atoms with Gasteiger partial charge in [-0.05, 0) is 87.3 Å². The van der Waals surface area contributed by atoms with Crippen molar-refractivity contribution in [3.63, 3.8) is 0 Å². The second-order valence-corrected chi connectivity index (χ2v) is 13.1. The van der Waals surface area contributed by atoms with E-state index in [2.05, 4.69) is 4.90 Å². The maximum Gasteiger partial charge on any atom is 0.264 e. The zero-order chi connectivity index (χ0) is 24.5. The molecule has 0 saturated carbocycles. The Morgan fingerprint density at radius 3 is 2.06 bits per heavy atom. The molecule has 0 N–H and O–H groups in total. The van der Waals surface area contributed by atoms with Crippen LogP contribution in [0.4, 0.5) is 5.69 Å². The fourth-order valence-electron chi connectivity index (χ4n) is 4.69. The molecule has 10 heteroatoms. The van der Waals surface area contributed by atoms with Gasteiger partial charge in [0, 0.05) is 38.0 Å². The molecule has 4 rings (SSSR count). The molecule has 2 aromatic rings. The number of carbonyl (C=O) groups is 1. The molecule has 2 saturated heterocycles. The van der Waals surface area contributed by atoms with Crippen LogP contribution in [-0.4, -0.2) is 78.1 Å². The molecular formula is C24H31N3O5S2. The molecule has 34 heavy (non-hydrogen) atoms. The van der Waals surface area contributed by atoms with Crippen LogP contribution >= 0.6 is 0 Å². The third kappa shape index (κ3) is 5.13. The molecule has 2 aliphatic rings. The van der Waals surface area contributed by atoms with E-state index in [0.29, 0.717) is 11.3 Å². The van der Waals surface area contributed by atoms with E-state index in [-0.39, 0.29) is 21.7 Å². The topological polar surface area (TPSA) is 95.1 Å². The smallest absolute Gasteiger partial charge is 0.264 e. The molecule has 0 spiro atoms. The number of anilines is 1. The first-order valence-electron chi connectivity index (χ1n) is 11.5. The van der Waals surface area contributed by atoms with Crippen molar-refractivity contribution in [1.82, 2.24) is 9.80 Å². The molecule has 2 aliphatic heterocycles. The molecule has 0 bridgehead atoms. The Kier molecular flexibility index (Phi) is 7.02. The lowest BCUT2D eigenvalue weighted by Gasteiger charge is -2.28. The first-order valence-corrected chi connectivity index (χ1v) is 14.8. The number of sulfone groups is 1. The summed E-state index contributed by atoms with van der Waals surface area (Å²) < 4.78 is 50.5. The van der Waals surface area contributed by atoms with Crippen LogP contribution in [0.2, 0.25) is 0 Å². The summed E-state index contributed by atoms with van der Waals surface area (Å²) in [5, 5.41) is 0. The Morgan fingerprint density at radius 1 is 0.882 bits per heavy atom. The second kappa shape index (κ2) is 9.67. The minimum absolute atomic E-state index is 0.00984. The third-order valence-corrected chi connectivity index (χ3v) is 9.62. The van der Waals surface area contributed by atoms with Gasteiger partial charge in [-0.15, -0.1) is 0 Å². The summed E-state index contributed by atoms with van der Waals surface area (Å²) in [6.45, 7) is 3.87. The minimum atomic E-state index is -3.89. The van der Waals surface area contributed by atoms with Gasteiger partial charge in [-0.3, -0.25) is 9.10 Å². The number of likely N-dealkylation sites (tertiary alicyclic amines) is 2. The fourth-order valence-corrected chi connectivity index (χ4v) is 6.52. The lowest BCUT2D eigenvalue weighted by Crippen LogP contribution is -2.42. The van der Waals surface area contributed by atoms with E-state index in [1.165, 1.54) is 44.2 Å². The van der Waals surface area contributed by atoms with Crippen LogP contribution in [0.3, 0.4) is 0 Å². The summed E-state index contributed by atoms with van der Waals surface area (Å²) in [7, 11) is -5.87. The zero-order valence-electron chi connectivity index (χ0n) is 19.6. The van der Waals surface area contributed by atoms with Gasteiger partial charge in [0.1, 0.15) is 0 Å². The van der Waals surface area contributed by atoms with Gasteiger partial charge < -0.3 is 9.80 Å². The van der Waals surface area contributed by atoms with E-state index in [9.17, 15) is 21.6 Å². The molecule has 0 unspecified atom stereocenters. The van der Waals surface area contributed by atoms with Crippen LogP contribution in [0, 0.1) is 0 Å². The normalized spacial score (nSPS) is 19.5.